The highest BCUT2D eigenvalue weighted by molar-refractivity contribution is 5.81. The fraction of sp³-hybridized carbons (Fsp3) is 0.250. The first-order valence-electron chi connectivity index (χ1n) is 8.03. The molecular formula is C20H22NO3+. The van der Waals surface area contributed by atoms with Crippen LogP contribution >= 0.6 is 0 Å². The van der Waals surface area contributed by atoms with Crippen LogP contribution in [0.15, 0.2) is 57.7 Å². The zero-order valence-electron chi connectivity index (χ0n) is 14.3. The maximum Gasteiger partial charge on any atom is 0.336 e. The van der Waals surface area contributed by atoms with E-state index in [0.717, 1.165) is 24.0 Å². The van der Waals surface area contributed by atoms with Gasteiger partial charge in [-0.3, -0.25) is 0 Å². The minimum atomic E-state index is -0.325. The van der Waals surface area contributed by atoms with Crippen LogP contribution in [0, 0.1) is 6.92 Å². The summed E-state index contributed by atoms with van der Waals surface area (Å²) in [6.45, 7) is 3.74. The van der Waals surface area contributed by atoms with Gasteiger partial charge in [0.05, 0.1) is 14.2 Å². The van der Waals surface area contributed by atoms with E-state index in [1.165, 1.54) is 16.0 Å². The molecule has 1 heterocycles. The van der Waals surface area contributed by atoms with Gasteiger partial charge >= 0.3 is 5.63 Å². The number of fused-ring (bicyclic) bond motifs is 1. The molecule has 0 aliphatic heterocycles. The van der Waals surface area contributed by atoms with E-state index in [9.17, 15) is 4.79 Å². The van der Waals surface area contributed by atoms with E-state index >= 15 is 0 Å². The van der Waals surface area contributed by atoms with Crippen molar-refractivity contribution in [3.8, 4) is 5.75 Å². The van der Waals surface area contributed by atoms with Crippen LogP contribution in [0.25, 0.3) is 11.0 Å². The summed E-state index contributed by atoms with van der Waals surface area (Å²) in [5.74, 6) is 0.683. The SMILES string of the molecule is COc1ccc2c(C[NH+](C)Cc3ccc(C)cc3)cc(=O)oc2c1. The van der Waals surface area contributed by atoms with Crippen LogP contribution in [-0.2, 0) is 13.1 Å². The monoisotopic (exact) mass is 324 g/mol. The molecular weight excluding hydrogens is 302 g/mol. The lowest BCUT2D eigenvalue weighted by Crippen LogP contribution is -3.06. The average Bonchev–Trinajstić information content (AvgIpc) is 2.56. The Morgan fingerprint density at radius 3 is 2.50 bits per heavy atom. The highest BCUT2D eigenvalue weighted by atomic mass is 16.5. The van der Waals surface area contributed by atoms with E-state index in [-0.39, 0.29) is 5.63 Å². The van der Waals surface area contributed by atoms with Crippen molar-refractivity contribution in [1.29, 1.82) is 0 Å². The molecule has 0 aliphatic carbocycles. The van der Waals surface area contributed by atoms with Gasteiger partial charge in [-0.05, 0) is 19.1 Å². The van der Waals surface area contributed by atoms with E-state index in [2.05, 4.69) is 38.2 Å². The number of benzene rings is 2. The van der Waals surface area contributed by atoms with Crippen molar-refractivity contribution < 1.29 is 14.1 Å². The van der Waals surface area contributed by atoms with Crippen LogP contribution in [0.4, 0.5) is 0 Å². The molecule has 0 amide bonds. The summed E-state index contributed by atoms with van der Waals surface area (Å²) in [5, 5.41) is 0.957. The molecule has 2 aromatic carbocycles. The molecule has 0 fully saturated rings. The molecule has 1 aromatic heterocycles. The fourth-order valence-electron chi connectivity index (χ4n) is 2.93. The van der Waals surface area contributed by atoms with E-state index in [1.54, 1.807) is 19.2 Å². The molecule has 0 aliphatic rings. The van der Waals surface area contributed by atoms with Crippen molar-refractivity contribution in [3.05, 3.63) is 75.6 Å². The molecule has 24 heavy (non-hydrogen) atoms. The third-order valence-electron chi connectivity index (χ3n) is 4.16. The van der Waals surface area contributed by atoms with Crippen molar-refractivity contribution in [3.63, 3.8) is 0 Å². The lowest BCUT2D eigenvalue weighted by molar-refractivity contribution is -0.907. The van der Waals surface area contributed by atoms with Crippen molar-refractivity contribution in [1.82, 2.24) is 0 Å². The summed E-state index contributed by atoms with van der Waals surface area (Å²) in [6, 6.07) is 15.8. The van der Waals surface area contributed by atoms with E-state index in [0.29, 0.717) is 11.3 Å². The minimum absolute atomic E-state index is 0.325. The Morgan fingerprint density at radius 2 is 1.79 bits per heavy atom. The predicted octanol–water partition coefficient (Wildman–Crippen LogP) is 2.32. The molecule has 0 spiro atoms. The Kier molecular flexibility index (Phi) is 4.67. The molecule has 1 atom stereocenters. The van der Waals surface area contributed by atoms with Crippen molar-refractivity contribution in [2.45, 2.75) is 20.0 Å². The fourth-order valence-corrected chi connectivity index (χ4v) is 2.93. The Hall–Kier alpha value is -2.59. The number of aryl methyl sites for hydroxylation is 1. The first kappa shape index (κ1) is 16.3. The summed E-state index contributed by atoms with van der Waals surface area (Å²) in [4.78, 5) is 13.2. The molecule has 4 nitrogen and oxygen atoms in total. The second kappa shape index (κ2) is 6.89. The van der Waals surface area contributed by atoms with E-state index in [1.807, 2.05) is 12.1 Å². The minimum Gasteiger partial charge on any atom is -0.497 e. The summed E-state index contributed by atoms with van der Waals surface area (Å²) < 4.78 is 10.5. The van der Waals surface area contributed by atoms with Crippen LogP contribution in [0.2, 0.25) is 0 Å². The third-order valence-corrected chi connectivity index (χ3v) is 4.16. The van der Waals surface area contributed by atoms with Crippen LogP contribution in [0.5, 0.6) is 5.75 Å². The van der Waals surface area contributed by atoms with Gasteiger partial charge in [0.25, 0.3) is 0 Å². The first-order chi connectivity index (χ1) is 11.5. The second-order valence-electron chi connectivity index (χ2n) is 6.25. The Bertz CT molecular complexity index is 897. The third kappa shape index (κ3) is 3.66. The Balaban J connectivity index is 1.86. The number of ether oxygens (including phenoxy) is 1. The molecule has 0 bridgehead atoms. The van der Waals surface area contributed by atoms with Gasteiger partial charge in [0.1, 0.15) is 24.4 Å². The molecule has 1 N–H and O–H groups in total. The summed E-state index contributed by atoms with van der Waals surface area (Å²) >= 11 is 0. The van der Waals surface area contributed by atoms with Gasteiger partial charge in [-0.2, -0.15) is 0 Å². The normalized spacial score (nSPS) is 12.3. The zero-order valence-corrected chi connectivity index (χ0v) is 14.3. The number of rotatable bonds is 5. The summed E-state index contributed by atoms with van der Waals surface area (Å²) in [7, 11) is 3.73. The molecule has 0 saturated heterocycles. The molecule has 3 aromatic rings. The molecule has 4 heteroatoms. The Labute approximate surface area is 141 Å². The van der Waals surface area contributed by atoms with Crippen LogP contribution in [0.3, 0.4) is 0 Å². The lowest BCUT2D eigenvalue weighted by atomic mass is 10.1. The van der Waals surface area contributed by atoms with Gasteiger partial charge < -0.3 is 14.1 Å². The van der Waals surface area contributed by atoms with E-state index in [4.69, 9.17) is 9.15 Å². The second-order valence-corrected chi connectivity index (χ2v) is 6.25. The zero-order chi connectivity index (χ0) is 17.1. The number of quaternary nitrogens is 1. The first-order valence-corrected chi connectivity index (χ1v) is 8.03. The quantitative estimate of drug-likeness (QED) is 0.733. The van der Waals surface area contributed by atoms with Crippen LogP contribution < -0.4 is 15.3 Å². The molecule has 1 unspecified atom stereocenters. The standard InChI is InChI=1S/C20H21NO3/c1-14-4-6-15(7-5-14)12-21(2)13-16-10-20(22)24-19-11-17(23-3)8-9-18(16)19/h4-11H,12-13H2,1-3H3/p+1. The number of hydrogen-bond donors (Lipinski definition) is 1. The van der Waals surface area contributed by atoms with Gasteiger partial charge in [0.15, 0.2) is 0 Å². The molecule has 0 saturated carbocycles. The van der Waals surface area contributed by atoms with Gasteiger partial charge in [0, 0.05) is 28.6 Å². The maximum atomic E-state index is 11.9. The lowest BCUT2D eigenvalue weighted by Gasteiger charge is -2.15. The van der Waals surface area contributed by atoms with Crippen molar-refractivity contribution in [2.24, 2.45) is 0 Å². The van der Waals surface area contributed by atoms with E-state index < -0.39 is 0 Å². The Morgan fingerprint density at radius 1 is 1.04 bits per heavy atom. The van der Waals surface area contributed by atoms with Crippen LogP contribution in [0.1, 0.15) is 16.7 Å². The highest BCUT2D eigenvalue weighted by Crippen LogP contribution is 2.22. The summed E-state index contributed by atoms with van der Waals surface area (Å²) in [5.41, 5.74) is 3.78. The largest absolute Gasteiger partial charge is 0.497 e. The van der Waals surface area contributed by atoms with Gasteiger partial charge in [-0.1, -0.05) is 29.8 Å². The van der Waals surface area contributed by atoms with Gasteiger partial charge in [-0.15, -0.1) is 0 Å². The highest BCUT2D eigenvalue weighted by Gasteiger charge is 2.12. The van der Waals surface area contributed by atoms with Gasteiger partial charge in [0.2, 0.25) is 0 Å². The maximum absolute atomic E-state index is 11.9. The number of methoxy groups -OCH3 is 1. The number of hydrogen-bond acceptors (Lipinski definition) is 3. The smallest absolute Gasteiger partial charge is 0.336 e. The van der Waals surface area contributed by atoms with Crippen molar-refractivity contribution in [2.75, 3.05) is 14.2 Å². The molecule has 3 rings (SSSR count). The van der Waals surface area contributed by atoms with Gasteiger partial charge in [-0.25, -0.2) is 4.79 Å². The van der Waals surface area contributed by atoms with Crippen LogP contribution in [-0.4, -0.2) is 14.2 Å². The van der Waals surface area contributed by atoms with Crippen molar-refractivity contribution >= 4 is 11.0 Å². The number of nitrogens with one attached hydrogen (secondary N) is 1. The summed E-state index contributed by atoms with van der Waals surface area (Å²) in [6.07, 6.45) is 0. The molecule has 0 radical (unpaired) electrons. The topological polar surface area (TPSA) is 43.9 Å². The average molecular weight is 324 g/mol. The predicted molar refractivity (Wildman–Crippen MR) is 94.5 cm³/mol. The molecule has 124 valence electrons.